The number of nitrogens with one attached hydrogen (secondary N) is 1. The Morgan fingerprint density at radius 2 is 1.18 bits per heavy atom. The van der Waals surface area contributed by atoms with Crippen LogP contribution in [0.3, 0.4) is 0 Å². The summed E-state index contributed by atoms with van der Waals surface area (Å²) in [4.78, 5) is 20.0. The smallest absolute Gasteiger partial charge is 1.00 e. The zero-order valence-electron chi connectivity index (χ0n) is 16.2. The Balaban J connectivity index is -0.000000268. The van der Waals surface area contributed by atoms with Gasteiger partial charge in [-0.15, -0.1) is 0 Å². The minimum atomic E-state index is -0.833. The van der Waals surface area contributed by atoms with Gasteiger partial charge in [0, 0.05) is 20.4 Å². The van der Waals surface area contributed by atoms with Crippen molar-refractivity contribution in [2.24, 2.45) is 0 Å². The summed E-state index contributed by atoms with van der Waals surface area (Å²) in [6.45, 7) is 3.35. The summed E-state index contributed by atoms with van der Waals surface area (Å²) in [7, 11) is 1.71. The second-order valence-corrected chi connectivity index (χ2v) is 5.48. The fourth-order valence-corrected chi connectivity index (χ4v) is 2.07. The van der Waals surface area contributed by atoms with Gasteiger partial charge in [-0.3, -0.25) is 9.59 Å². The van der Waals surface area contributed by atoms with Gasteiger partial charge in [0.2, 0.25) is 5.91 Å². The van der Waals surface area contributed by atoms with Crippen molar-refractivity contribution in [2.45, 2.75) is 90.9 Å². The topological polar surface area (TPSA) is 66.4 Å². The molecule has 0 bridgehead atoms. The number of amides is 1. The van der Waals surface area contributed by atoms with Crippen molar-refractivity contribution in [1.29, 1.82) is 0 Å². The molecule has 0 saturated carbocycles. The summed E-state index contributed by atoms with van der Waals surface area (Å²) >= 11 is 0. The second-order valence-electron chi connectivity index (χ2n) is 5.48. The molecule has 128 valence electrons. The molecule has 22 heavy (non-hydrogen) atoms. The van der Waals surface area contributed by atoms with Crippen LogP contribution in [0.5, 0.6) is 0 Å². The average molecular weight is 325 g/mol. The molecule has 1 amide bonds. The van der Waals surface area contributed by atoms with Gasteiger partial charge in [0.15, 0.2) is 0 Å². The third-order valence-corrected chi connectivity index (χ3v) is 3.29. The normalized spacial score (nSPS) is 9.23. The van der Waals surface area contributed by atoms with Crippen molar-refractivity contribution in [3.05, 3.63) is 0 Å². The van der Waals surface area contributed by atoms with Crippen LogP contribution in [-0.2, 0) is 9.59 Å². The largest absolute Gasteiger partial charge is 1.00 e. The quantitative estimate of drug-likeness (QED) is 0.423. The molecule has 0 aromatic carbocycles. The maximum absolute atomic E-state index is 11.0. The van der Waals surface area contributed by atoms with Gasteiger partial charge in [-0.05, 0) is 6.42 Å². The van der Waals surface area contributed by atoms with Crippen LogP contribution in [-0.4, -0.2) is 24.0 Å². The number of hydrogen-bond acceptors (Lipinski definition) is 2. The molecule has 0 aromatic rings. The van der Waals surface area contributed by atoms with Gasteiger partial charge in [-0.25, -0.2) is 0 Å². The summed E-state index contributed by atoms with van der Waals surface area (Å²) in [5.74, 6) is -0.652. The Kier molecular flexibility index (Phi) is 28.3. The van der Waals surface area contributed by atoms with Crippen LogP contribution in [0.15, 0.2) is 0 Å². The molecular formula is C17H36NNaO3. The van der Waals surface area contributed by atoms with Crippen molar-refractivity contribution in [3.8, 4) is 0 Å². The molecule has 0 rings (SSSR count). The number of carbonyl (C=O) groups is 2. The van der Waals surface area contributed by atoms with Gasteiger partial charge in [0.1, 0.15) is 0 Å². The molecule has 0 spiro atoms. The van der Waals surface area contributed by atoms with Crippen LogP contribution < -0.4 is 34.9 Å². The van der Waals surface area contributed by atoms with Crippen LogP contribution in [0.25, 0.3) is 0 Å². The standard InChI is InChI=1S/C15H31NO.C2H4O2.Na.H/c1-3-4-5-6-7-8-9-10-11-12-13-14-15(17)16-2;1-2(3)4;;/h3-14H2,1-2H3,(H,16,17);1H3,(H,3,4);;/q;;+1;-1. The predicted molar refractivity (Wildman–Crippen MR) is 89.6 cm³/mol. The third kappa shape index (κ3) is 32.0. The number of carboxylic acids is 1. The van der Waals surface area contributed by atoms with Gasteiger partial charge in [0.05, 0.1) is 0 Å². The molecule has 0 fully saturated rings. The van der Waals surface area contributed by atoms with Crippen LogP contribution in [0.2, 0.25) is 0 Å². The van der Waals surface area contributed by atoms with Gasteiger partial charge >= 0.3 is 29.6 Å². The summed E-state index contributed by atoms with van der Waals surface area (Å²) in [5.41, 5.74) is 0. The second kappa shape index (κ2) is 23.2. The SMILES string of the molecule is CC(=O)O.CCCCCCCCCCCCCC(=O)NC.[H-].[Na+]. The number of carboxylic acid groups (broad SMARTS) is 1. The number of carbonyl (C=O) groups excluding carboxylic acids is 1. The summed E-state index contributed by atoms with van der Waals surface area (Å²) in [5, 5.41) is 10.1. The molecule has 0 radical (unpaired) electrons. The van der Waals surface area contributed by atoms with E-state index in [0.29, 0.717) is 6.42 Å². The van der Waals surface area contributed by atoms with E-state index in [9.17, 15) is 4.79 Å². The van der Waals surface area contributed by atoms with E-state index in [1.807, 2.05) is 0 Å². The molecule has 0 heterocycles. The molecule has 5 heteroatoms. The van der Waals surface area contributed by atoms with Crippen molar-refractivity contribution in [1.82, 2.24) is 5.32 Å². The number of aliphatic carboxylic acids is 1. The monoisotopic (exact) mass is 325 g/mol. The zero-order valence-corrected chi connectivity index (χ0v) is 17.2. The zero-order chi connectivity index (χ0) is 16.3. The van der Waals surface area contributed by atoms with E-state index in [0.717, 1.165) is 13.3 Å². The van der Waals surface area contributed by atoms with Gasteiger partial charge < -0.3 is 11.8 Å². The Labute approximate surface area is 160 Å². The van der Waals surface area contributed by atoms with Gasteiger partial charge in [-0.2, -0.15) is 0 Å². The van der Waals surface area contributed by atoms with E-state index in [1.165, 1.54) is 64.2 Å². The first kappa shape index (κ1) is 26.8. The summed E-state index contributed by atoms with van der Waals surface area (Å²) < 4.78 is 0. The molecule has 0 aliphatic rings. The Morgan fingerprint density at radius 1 is 0.864 bits per heavy atom. The fourth-order valence-electron chi connectivity index (χ4n) is 2.07. The number of rotatable bonds is 12. The molecule has 0 aromatic heterocycles. The molecule has 0 aliphatic heterocycles. The molecule has 0 saturated heterocycles. The maximum atomic E-state index is 11.0. The van der Waals surface area contributed by atoms with Crippen LogP contribution in [0.4, 0.5) is 0 Å². The maximum Gasteiger partial charge on any atom is 1.00 e. The van der Waals surface area contributed by atoms with E-state index >= 15 is 0 Å². The average Bonchev–Trinajstić information content (AvgIpc) is 2.43. The molecule has 0 atom stereocenters. The minimum absolute atomic E-state index is 0. The Hall–Kier alpha value is -0.0600. The molecular weight excluding hydrogens is 289 g/mol. The van der Waals surface area contributed by atoms with Crippen molar-refractivity contribution >= 4 is 11.9 Å². The first-order valence-corrected chi connectivity index (χ1v) is 8.44. The summed E-state index contributed by atoms with van der Waals surface area (Å²) in [6, 6.07) is 0. The van der Waals surface area contributed by atoms with Crippen molar-refractivity contribution in [2.75, 3.05) is 7.05 Å². The van der Waals surface area contributed by atoms with Gasteiger partial charge in [0.25, 0.3) is 5.97 Å². The molecule has 4 nitrogen and oxygen atoms in total. The summed E-state index contributed by atoms with van der Waals surface area (Å²) in [6.07, 6.45) is 15.4. The van der Waals surface area contributed by atoms with E-state index in [4.69, 9.17) is 9.90 Å². The van der Waals surface area contributed by atoms with E-state index < -0.39 is 5.97 Å². The molecule has 2 N–H and O–H groups in total. The Morgan fingerprint density at radius 3 is 1.50 bits per heavy atom. The third-order valence-electron chi connectivity index (χ3n) is 3.29. The van der Waals surface area contributed by atoms with E-state index in [-0.39, 0.29) is 36.9 Å². The molecule has 0 unspecified atom stereocenters. The Bertz CT molecular complexity index is 250. The van der Waals surface area contributed by atoms with E-state index in [2.05, 4.69) is 12.2 Å². The van der Waals surface area contributed by atoms with Crippen molar-refractivity contribution in [3.63, 3.8) is 0 Å². The first-order chi connectivity index (χ1) is 10.0. The van der Waals surface area contributed by atoms with Crippen LogP contribution in [0, 0.1) is 0 Å². The fraction of sp³-hybridized carbons (Fsp3) is 0.882. The number of unbranched alkanes of at least 4 members (excludes halogenated alkanes) is 10. The van der Waals surface area contributed by atoms with Gasteiger partial charge in [-0.1, -0.05) is 71.1 Å². The van der Waals surface area contributed by atoms with Crippen LogP contribution >= 0.6 is 0 Å². The van der Waals surface area contributed by atoms with E-state index in [1.54, 1.807) is 7.05 Å². The minimum Gasteiger partial charge on any atom is -1.00 e. The predicted octanol–water partition coefficient (Wildman–Crippen LogP) is 1.64. The number of hydrogen-bond donors (Lipinski definition) is 2. The first-order valence-electron chi connectivity index (χ1n) is 8.44. The molecule has 0 aliphatic carbocycles. The van der Waals surface area contributed by atoms with Crippen LogP contribution in [0.1, 0.15) is 92.3 Å². The van der Waals surface area contributed by atoms with Crippen molar-refractivity contribution < 1.29 is 45.7 Å².